The Bertz CT molecular complexity index is 593. The van der Waals surface area contributed by atoms with Gasteiger partial charge in [0.2, 0.25) is 5.91 Å². The molecule has 2 aliphatic heterocycles. The Balaban J connectivity index is 1.92. The highest BCUT2D eigenvalue weighted by atomic mass is 32.2. The van der Waals surface area contributed by atoms with E-state index in [-0.39, 0.29) is 17.9 Å². The Morgan fingerprint density at radius 1 is 1.18 bits per heavy atom. The molecule has 1 unspecified atom stereocenters. The number of rotatable bonds is 1. The highest BCUT2D eigenvalue weighted by Gasteiger charge is 2.37. The minimum atomic E-state index is -0.334. The van der Waals surface area contributed by atoms with Crippen LogP contribution < -0.4 is 9.80 Å². The first kappa shape index (κ1) is 15.2. The Morgan fingerprint density at radius 2 is 1.91 bits per heavy atom. The van der Waals surface area contributed by atoms with Gasteiger partial charge in [0.1, 0.15) is 6.04 Å². The van der Waals surface area contributed by atoms with E-state index < -0.39 is 0 Å². The molecule has 1 aromatic rings. The standard InChI is InChI=1S/C16H21N3O2S/c1-12(20)19-11-22-10-15(19)16(21)18-9-5-8-17(2)13-6-3-4-7-14(13)18/h3-4,6-7,15H,5,8-11H2,1-2H3. The molecule has 6 heteroatoms. The second-order valence-electron chi connectivity index (χ2n) is 5.76. The minimum absolute atomic E-state index is 0.0245. The summed E-state index contributed by atoms with van der Waals surface area (Å²) in [6, 6.07) is 7.67. The maximum Gasteiger partial charge on any atom is 0.250 e. The maximum atomic E-state index is 13.0. The molecule has 0 N–H and O–H groups in total. The molecule has 118 valence electrons. The molecule has 3 rings (SSSR count). The third-order valence-electron chi connectivity index (χ3n) is 4.30. The zero-order chi connectivity index (χ0) is 15.7. The molecule has 5 nitrogen and oxygen atoms in total. The number of nitrogens with zero attached hydrogens (tertiary/aromatic N) is 3. The second kappa shape index (κ2) is 6.20. The molecule has 0 spiro atoms. The van der Waals surface area contributed by atoms with Gasteiger partial charge >= 0.3 is 0 Å². The summed E-state index contributed by atoms with van der Waals surface area (Å²) < 4.78 is 0. The van der Waals surface area contributed by atoms with Crippen molar-refractivity contribution in [1.29, 1.82) is 0 Å². The highest BCUT2D eigenvalue weighted by molar-refractivity contribution is 7.99. The fourth-order valence-electron chi connectivity index (χ4n) is 3.09. The molecule has 1 fully saturated rings. The molecule has 2 heterocycles. The Morgan fingerprint density at radius 3 is 2.64 bits per heavy atom. The summed E-state index contributed by atoms with van der Waals surface area (Å²) >= 11 is 1.65. The summed E-state index contributed by atoms with van der Waals surface area (Å²) in [5, 5.41) is 0. The smallest absolute Gasteiger partial charge is 0.250 e. The number of amides is 2. The Labute approximate surface area is 135 Å². The molecule has 1 aromatic carbocycles. The Hall–Kier alpha value is -1.69. The van der Waals surface area contributed by atoms with Crippen LogP contribution in [0, 0.1) is 0 Å². The molecular formula is C16H21N3O2S. The van der Waals surface area contributed by atoms with E-state index in [1.165, 1.54) is 6.92 Å². The number of hydrogen-bond acceptors (Lipinski definition) is 4. The highest BCUT2D eigenvalue weighted by Crippen LogP contribution is 2.33. The van der Waals surface area contributed by atoms with Crippen molar-refractivity contribution in [1.82, 2.24) is 4.90 Å². The molecule has 0 radical (unpaired) electrons. The van der Waals surface area contributed by atoms with Crippen LogP contribution in [0.3, 0.4) is 0 Å². The monoisotopic (exact) mass is 319 g/mol. The molecule has 0 aliphatic carbocycles. The molecule has 0 saturated carbocycles. The van der Waals surface area contributed by atoms with Crippen molar-refractivity contribution in [3.05, 3.63) is 24.3 Å². The van der Waals surface area contributed by atoms with Gasteiger partial charge in [-0.25, -0.2) is 0 Å². The van der Waals surface area contributed by atoms with E-state index in [1.54, 1.807) is 16.7 Å². The van der Waals surface area contributed by atoms with E-state index in [0.717, 1.165) is 24.3 Å². The van der Waals surface area contributed by atoms with Gasteiger partial charge in [-0.2, -0.15) is 0 Å². The van der Waals surface area contributed by atoms with E-state index >= 15 is 0 Å². The topological polar surface area (TPSA) is 43.9 Å². The molecular weight excluding hydrogens is 298 g/mol. The zero-order valence-corrected chi connectivity index (χ0v) is 13.8. The predicted octanol–water partition coefficient (Wildman–Crippen LogP) is 1.78. The van der Waals surface area contributed by atoms with Crippen LogP contribution in [-0.4, -0.2) is 54.5 Å². The number of anilines is 2. The van der Waals surface area contributed by atoms with Crippen LogP contribution in [0.4, 0.5) is 11.4 Å². The quantitative estimate of drug-likeness (QED) is 0.791. The van der Waals surface area contributed by atoms with E-state index in [4.69, 9.17) is 0 Å². The first-order chi connectivity index (χ1) is 10.6. The molecule has 1 atom stereocenters. The lowest BCUT2D eigenvalue weighted by Crippen LogP contribution is -2.48. The maximum absolute atomic E-state index is 13.0. The van der Waals surface area contributed by atoms with Gasteiger partial charge in [-0.1, -0.05) is 12.1 Å². The second-order valence-corrected chi connectivity index (χ2v) is 6.76. The van der Waals surface area contributed by atoms with Gasteiger partial charge < -0.3 is 14.7 Å². The Kier molecular flexibility index (Phi) is 4.29. The van der Waals surface area contributed by atoms with Crippen molar-refractivity contribution in [3.8, 4) is 0 Å². The van der Waals surface area contributed by atoms with Crippen molar-refractivity contribution in [3.63, 3.8) is 0 Å². The fraction of sp³-hybridized carbons (Fsp3) is 0.500. The van der Waals surface area contributed by atoms with Gasteiger partial charge in [0.05, 0.1) is 17.3 Å². The van der Waals surface area contributed by atoms with Gasteiger partial charge in [0.25, 0.3) is 5.91 Å². The number of benzene rings is 1. The third-order valence-corrected chi connectivity index (χ3v) is 5.31. The van der Waals surface area contributed by atoms with Crippen LogP contribution >= 0.6 is 11.8 Å². The molecule has 1 saturated heterocycles. The van der Waals surface area contributed by atoms with Crippen LogP contribution in [0.25, 0.3) is 0 Å². The first-order valence-electron chi connectivity index (χ1n) is 7.56. The summed E-state index contributed by atoms with van der Waals surface area (Å²) in [6.07, 6.45) is 0.927. The predicted molar refractivity (Wildman–Crippen MR) is 90.3 cm³/mol. The fourth-order valence-corrected chi connectivity index (χ4v) is 4.30. The summed E-state index contributed by atoms with van der Waals surface area (Å²) in [5.41, 5.74) is 2.03. The minimum Gasteiger partial charge on any atom is -0.373 e. The number of para-hydroxylation sites is 2. The van der Waals surface area contributed by atoms with Crippen molar-refractivity contribution in [2.45, 2.75) is 19.4 Å². The number of hydrogen-bond donors (Lipinski definition) is 0. The lowest BCUT2D eigenvalue weighted by molar-refractivity contribution is -0.135. The third kappa shape index (κ3) is 2.67. The summed E-state index contributed by atoms with van der Waals surface area (Å²) in [4.78, 5) is 30.5. The van der Waals surface area contributed by atoms with Gasteiger partial charge in [0.15, 0.2) is 0 Å². The number of thioether (sulfide) groups is 1. The summed E-state index contributed by atoms with van der Waals surface area (Å²) in [6.45, 7) is 3.17. The van der Waals surface area contributed by atoms with Crippen molar-refractivity contribution < 1.29 is 9.59 Å². The molecule has 2 amide bonds. The van der Waals surface area contributed by atoms with Crippen LogP contribution in [0.5, 0.6) is 0 Å². The van der Waals surface area contributed by atoms with Crippen LogP contribution in [0.2, 0.25) is 0 Å². The number of carbonyl (C=O) groups is 2. The van der Waals surface area contributed by atoms with Gasteiger partial charge in [-0.3, -0.25) is 9.59 Å². The van der Waals surface area contributed by atoms with E-state index in [2.05, 4.69) is 11.9 Å². The van der Waals surface area contributed by atoms with Gasteiger partial charge in [-0.15, -0.1) is 11.8 Å². The summed E-state index contributed by atoms with van der Waals surface area (Å²) in [5.74, 6) is 1.32. The first-order valence-corrected chi connectivity index (χ1v) is 8.71. The molecule has 2 aliphatic rings. The average molecular weight is 319 g/mol. The lowest BCUT2D eigenvalue weighted by atomic mass is 10.2. The number of fused-ring (bicyclic) bond motifs is 1. The largest absolute Gasteiger partial charge is 0.373 e. The van der Waals surface area contributed by atoms with Gasteiger partial charge in [-0.05, 0) is 18.6 Å². The normalized spacial score (nSPS) is 21.5. The average Bonchev–Trinajstić information content (AvgIpc) is 2.94. The molecule has 0 bridgehead atoms. The van der Waals surface area contributed by atoms with E-state index in [1.807, 2.05) is 29.2 Å². The van der Waals surface area contributed by atoms with Crippen molar-refractivity contribution >= 4 is 35.0 Å². The van der Waals surface area contributed by atoms with E-state index in [9.17, 15) is 9.59 Å². The lowest BCUT2D eigenvalue weighted by Gasteiger charge is -2.29. The van der Waals surface area contributed by atoms with E-state index in [0.29, 0.717) is 18.2 Å². The molecule has 22 heavy (non-hydrogen) atoms. The number of carbonyl (C=O) groups excluding carboxylic acids is 2. The van der Waals surface area contributed by atoms with Gasteiger partial charge in [0, 0.05) is 32.8 Å². The van der Waals surface area contributed by atoms with Crippen LogP contribution in [0.1, 0.15) is 13.3 Å². The molecule has 0 aromatic heterocycles. The SMILES string of the molecule is CC(=O)N1CSCC1C(=O)N1CCCN(C)c2ccccc21. The van der Waals surface area contributed by atoms with Crippen molar-refractivity contribution in [2.24, 2.45) is 0 Å². The van der Waals surface area contributed by atoms with Crippen LogP contribution in [0.15, 0.2) is 24.3 Å². The van der Waals surface area contributed by atoms with Crippen LogP contribution in [-0.2, 0) is 9.59 Å². The summed E-state index contributed by atoms with van der Waals surface area (Å²) in [7, 11) is 2.06. The zero-order valence-electron chi connectivity index (χ0n) is 13.0. The van der Waals surface area contributed by atoms with Crippen molar-refractivity contribution in [2.75, 3.05) is 41.6 Å².